The van der Waals surface area contributed by atoms with E-state index in [1.54, 1.807) is 42.5 Å². The van der Waals surface area contributed by atoms with Crippen LogP contribution in [-0.4, -0.2) is 52.3 Å². The lowest BCUT2D eigenvalue weighted by molar-refractivity contribution is -0.242. The second-order valence-corrected chi connectivity index (χ2v) is 6.17. The highest BCUT2D eigenvalue weighted by Gasteiger charge is 2.39. The summed E-state index contributed by atoms with van der Waals surface area (Å²) in [5.41, 5.74) is 0.875. The predicted octanol–water partition coefficient (Wildman–Crippen LogP) is 1.39. The molecule has 3 N–H and O–H groups in total. The third-order valence-electron chi connectivity index (χ3n) is 3.91. The fourth-order valence-corrected chi connectivity index (χ4v) is 2.62. The largest absolute Gasteiger partial charge is 0.462 e. The lowest BCUT2D eigenvalue weighted by atomic mass is 10.0. The first-order valence-corrected chi connectivity index (χ1v) is 8.06. The molecule has 1 aliphatic rings. The van der Waals surface area contributed by atoms with Crippen molar-refractivity contribution < 1.29 is 29.6 Å². The number of halogens is 1. The van der Waals surface area contributed by atoms with Gasteiger partial charge in [-0.1, -0.05) is 23.7 Å². The SMILES string of the molecule is O=C(c1ccc(Cl)cc1)c1cccc(O[C@@H]2OC[C@@H](O)[C@H](O)[C@H]2O)c1. The van der Waals surface area contributed by atoms with E-state index in [4.69, 9.17) is 21.1 Å². The Morgan fingerprint density at radius 3 is 2.48 bits per heavy atom. The minimum absolute atomic E-state index is 0.160. The number of hydrogen-bond acceptors (Lipinski definition) is 6. The molecule has 0 unspecified atom stereocenters. The summed E-state index contributed by atoms with van der Waals surface area (Å²) >= 11 is 5.82. The normalized spacial score (nSPS) is 26.2. The first-order chi connectivity index (χ1) is 12.0. The zero-order valence-corrected chi connectivity index (χ0v) is 13.8. The van der Waals surface area contributed by atoms with Crippen LogP contribution in [0.15, 0.2) is 48.5 Å². The van der Waals surface area contributed by atoms with Gasteiger partial charge in [-0.15, -0.1) is 0 Å². The van der Waals surface area contributed by atoms with Crippen molar-refractivity contribution in [3.05, 3.63) is 64.7 Å². The van der Waals surface area contributed by atoms with E-state index in [0.717, 1.165) is 0 Å². The topological polar surface area (TPSA) is 96.2 Å². The number of aliphatic hydroxyl groups excluding tert-OH is 3. The van der Waals surface area contributed by atoms with E-state index in [0.29, 0.717) is 21.9 Å². The maximum absolute atomic E-state index is 12.5. The molecule has 2 aromatic rings. The van der Waals surface area contributed by atoms with Gasteiger partial charge < -0.3 is 24.8 Å². The monoisotopic (exact) mass is 364 g/mol. The van der Waals surface area contributed by atoms with E-state index in [9.17, 15) is 20.1 Å². The molecule has 4 atom stereocenters. The summed E-state index contributed by atoms with van der Waals surface area (Å²) in [6.45, 7) is -0.160. The quantitative estimate of drug-likeness (QED) is 0.709. The third-order valence-corrected chi connectivity index (χ3v) is 4.16. The Labute approximate surface area is 149 Å². The van der Waals surface area contributed by atoms with Crippen LogP contribution < -0.4 is 4.74 Å². The highest BCUT2D eigenvalue weighted by Crippen LogP contribution is 2.23. The molecule has 0 saturated carbocycles. The Bertz CT molecular complexity index is 747. The van der Waals surface area contributed by atoms with Crippen molar-refractivity contribution in [2.45, 2.75) is 24.6 Å². The summed E-state index contributed by atoms with van der Waals surface area (Å²) in [5, 5.41) is 29.6. The Balaban J connectivity index is 1.75. The molecule has 0 bridgehead atoms. The van der Waals surface area contributed by atoms with Crippen molar-refractivity contribution in [2.75, 3.05) is 6.61 Å². The smallest absolute Gasteiger partial charge is 0.228 e. The van der Waals surface area contributed by atoms with Crippen molar-refractivity contribution in [3.63, 3.8) is 0 Å². The molecule has 2 aromatic carbocycles. The minimum Gasteiger partial charge on any atom is -0.462 e. The number of ketones is 1. The average Bonchev–Trinajstić information content (AvgIpc) is 2.62. The molecule has 3 rings (SSSR count). The first kappa shape index (κ1) is 17.8. The highest BCUT2D eigenvalue weighted by molar-refractivity contribution is 6.30. The standard InChI is InChI=1S/C18H17ClO6/c19-12-6-4-10(5-7-12)15(21)11-2-1-3-13(8-11)25-18-17(23)16(22)14(20)9-24-18/h1-8,14,16-18,20,22-23H,9H2/t14-,16+,17-,18+/m1/s1. The van der Waals surface area contributed by atoms with Crippen LogP contribution in [0.3, 0.4) is 0 Å². The number of hydrogen-bond donors (Lipinski definition) is 3. The summed E-state index contributed by atoms with van der Waals surface area (Å²) in [5.74, 6) is 0.0927. The lowest BCUT2D eigenvalue weighted by Gasteiger charge is -2.34. The van der Waals surface area contributed by atoms with Gasteiger partial charge in [0.1, 0.15) is 24.1 Å². The van der Waals surface area contributed by atoms with Crippen molar-refractivity contribution in [3.8, 4) is 5.75 Å². The van der Waals surface area contributed by atoms with Crippen LogP contribution in [0.4, 0.5) is 0 Å². The first-order valence-electron chi connectivity index (χ1n) is 7.68. The summed E-state index contributed by atoms with van der Waals surface area (Å²) < 4.78 is 10.7. The lowest BCUT2D eigenvalue weighted by Crippen LogP contribution is -2.54. The predicted molar refractivity (Wildman–Crippen MR) is 89.7 cm³/mol. The van der Waals surface area contributed by atoms with Gasteiger partial charge in [-0.05, 0) is 36.4 Å². The number of carbonyl (C=O) groups excluding carboxylic acids is 1. The van der Waals surface area contributed by atoms with Crippen LogP contribution in [0.25, 0.3) is 0 Å². The molecule has 0 spiro atoms. The van der Waals surface area contributed by atoms with Gasteiger partial charge in [-0.25, -0.2) is 0 Å². The van der Waals surface area contributed by atoms with E-state index < -0.39 is 24.6 Å². The highest BCUT2D eigenvalue weighted by atomic mass is 35.5. The maximum Gasteiger partial charge on any atom is 0.228 e. The Hall–Kier alpha value is -1.96. The summed E-state index contributed by atoms with van der Waals surface area (Å²) in [6.07, 6.45) is -5.08. The van der Waals surface area contributed by atoms with E-state index in [2.05, 4.69) is 0 Å². The molecular weight excluding hydrogens is 348 g/mol. The van der Waals surface area contributed by atoms with Gasteiger partial charge in [0.25, 0.3) is 0 Å². The number of carbonyl (C=O) groups is 1. The average molecular weight is 365 g/mol. The van der Waals surface area contributed by atoms with Crippen LogP contribution in [0.2, 0.25) is 5.02 Å². The van der Waals surface area contributed by atoms with Crippen LogP contribution in [0.1, 0.15) is 15.9 Å². The summed E-state index contributed by atoms with van der Waals surface area (Å²) in [4.78, 5) is 12.5. The summed E-state index contributed by atoms with van der Waals surface area (Å²) in [6, 6.07) is 12.9. The van der Waals surface area contributed by atoms with Gasteiger partial charge in [0.15, 0.2) is 5.78 Å². The molecule has 0 aliphatic carbocycles. The molecule has 0 aromatic heterocycles. The molecule has 1 aliphatic heterocycles. The summed E-state index contributed by atoms with van der Waals surface area (Å²) in [7, 11) is 0. The second kappa shape index (κ2) is 7.51. The zero-order chi connectivity index (χ0) is 18.0. The van der Waals surface area contributed by atoms with Crippen molar-refractivity contribution in [2.24, 2.45) is 0 Å². The van der Waals surface area contributed by atoms with Gasteiger partial charge >= 0.3 is 0 Å². The second-order valence-electron chi connectivity index (χ2n) is 5.73. The van der Waals surface area contributed by atoms with Crippen LogP contribution >= 0.6 is 11.6 Å². The van der Waals surface area contributed by atoms with Crippen LogP contribution in [0, 0.1) is 0 Å². The fraction of sp³-hybridized carbons (Fsp3) is 0.278. The van der Waals surface area contributed by atoms with Crippen molar-refractivity contribution >= 4 is 17.4 Å². The van der Waals surface area contributed by atoms with Gasteiger partial charge in [-0.2, -0.15) is 0 Å². The molecule has 0 amide bonds. The molecule has 1 saturated heterocycles. The molecule has 7 heteroatoms. The molecule has 0 radical (unpaired) electrons. The Morgan fingerprint density at radius 2 is 1.76 bits per heavy atom. The zero-order valence-electron chi connectivity index (χ0n) is 13.1. The van der Waals surface area contributed by atoms with Gasteiger partial charge in [0.2, 0.25) is 6.29 Å². The van der Waals surface area contributed by atoms with Crippen molar-refractivity contribution in [1.29, 1.82) is 0 Å². The molecule has 1 heterocycles. The number of rotatable bonds is 4. The number of benzene rings is 2. The molecular formula is C18H17ClO6. The third kappa shape index (κ3) is 4.00. The van der Waals surface area contributed by atoms with E-state index in [1.807, 2.05) is 0 Å². The van der Waals surface area contributed by atoms with E-state index >= 15 is 0 Å². The van der Waals surface area contributed by atoms with Gasteiger partial charge in [0, 0.05) is 16.1 Å². The van der Waals surface area contributed by atoms with Crippen LogP contribution in [-0.2, 0) is 4.74 Å². The van der Waals surface area contributed by atoms with Gasteiger partial charge in [-0.3, -0.25) is 4.79 Å². The van der Waals surface area contributed by atoms with E-state index in [-0.39, 0.29) is 12.4 Å². The van der Waals surface area contributed by atoms with Crippen LogP contribution in [0.5, 0.6) is 5.75 Å². The number of aliphatic hydroxyl groups is 3. The molecule has 1 fully saturated rings. The molecule has 25 heavy (non-hydrogen) atoms. The van der Waals surface area contributed by atoms with E-state index in [1.165, 1.54) is 6.07 Å². The Morgan fingerprint density at radius 1 is 1.04 bits per heavy atom. The fourth-order valence-electron chi connectivity index (χ4n) is 2.50. The van der Waals surface area contributed by atoms with Crippen molar-refractivity contribution in [1.82, 2.24) is 0 Å². The molecule has 132 valence electrons. The minimum atomic E-state index is -1.40. The molecule has 6 nitrogen and oxygen atoms in total. The number of ether oxygens (including phenoxy) is 2. The van der Waals surface area contributed by atoms with Gasteiger partial charge in [0.05, 0.1) is 6.61 Å². The Kier molecular flexibility index (Phi) is 5.36. The maximum atomic E-state index is 12.5.